The van der Waals surface area contributed by atoms with Crippen LogP contribution in [0.3, 0.4) is 0 Å². The first-order valence-corrected chi connectivity index (χ1v) is 9.62. The summed E-state index contributed by atoms with van der Waals surface area (Å²) in [5.74, 6) is 1.73. The molecular weight excluding hydrogens is 344 g/mol. The van der Waals surface area contributed by atoms with Crippen molar-refractivity contribution in [2.24, 2.45) is 0 Å². The molecule has 2 aromatic carbocycles. The molecule has 2 aromatic heterocycles. The fourth-order valence-corrected chi connectivity index (χ4v) is 3.48. The van der Waals surface area contributed by atoms with Crippen LogP contribution in [0.2, 0.25) is 0 Å². The molecule has 4 heteroatoms. The molecule has 4 rings (SSSR count). The predicted molar refractivity (Wildman–Crippen MR) is 114 cm³/mol. The second-order valence-corrected chi connectivity index (χ2v) is 8.29. The van der Waals surface area contributed by atoms with Crippen molar-refractivity contribution < 1.29 is 0 Å². The van der Waals surface area contributed by atoms with Crippen molar-refractivity contribution in [3.63, 3.8) is 0 Å². The largest absolute Gasteiger partial charge is 0.297 e. The lowest BCUT2D eigenvalue weighted by Gasteiger charge is -2.14. The molecule has 0 aliphatic carbocycles. The second-order valence-electron chi connectivity index (χ2n) is 8.29. The van der Waals surface area contributed by atoms with Crippen molar-refractivity contribution in [2.75, 3.05) is 0 Å². The summed E-state index contributed by atoms with van der Waals surface area (Å²) < 4.78 is 4.06. The highest BCUT2D eigenvalue weighted by Crippen LogP contribution is 2.28. The summed E-state index contributed by atoms with van der Waals surface area (Å²) in [5, 5.41) is 4.78. The van der Waals surface area contributed by atoms with Crippen LogP contribution in [0.5, 0.6) is 0 Å². The first kappa shape index (κ1) is 18.2. The van der Waals surface area contributed by atoms with E-state index in [0.717, 1.165) is 22.9 Å². The molecule has 0 unspecified atom stereocenters. The van der Waals surface area contributed by atoms with E-state index >= 15 is 0 Å². The molecule has 0 aliphatic rings. The molecule has 0 spiro atoms. The second kappa shape index (κ2) is 6.79. The Bertz CT molecular complexity index is 1090. The van der Waals surface area contributed by atoms with Crippen LogP contribution >= 0.6 is 0 Å². The van der Waals surface area contributed by atoms with Gasteiger partial charge in [-0.2, -0.15) is 5.10 Å². The molecule has 4 aromatic rings. The maximum atomic E-state index is 4.97. The summed E-state index contributed by atoms with van der Waals surface area (Å²) in [6, 6.07) is 18.8. The summed E-state index contributed by atoms with van der Waals surface area (Å²) in [6.07, 6.45) is 4.07. The number of imidazole rings is 1. The standard InChI is InChI=1S/C24H26N4/c1-17-10-9-11-18(2)22(17)27-16-21(25-23(27)19-12-7-6-8-13-19)28-15-14-20(26-28)24(3,4)5/h6-16H,1-5H3. The van der Waals surface area contributed by atoms with E-state index < -0.39 is 0 Å². The Morgan fingerprint density at radius 2 is 1.50 bits per heavy atom. The Kier molecular flexibility index (Phi) is 4.42. The van der Waals surface area contributed by atoms with Crippen LogP contribution in [-0.2, 0) is 5.41 Å². The van der Waals surface area contributed by atoms with E-state index in [1.54, 1.807) is 0 Å². The average Bonchev–Trinajstić information content (AvgIpc) is 3.29. The van der Waals surface area contributed by atoms with Crippen LogP contribution in [0, 0.1) is 13.8 Å². The van der Waals surface area contributed by atoms with Gasteiger partial charge in [0.1, 0.15) is 5.82 Å². The van der Waals surface area contributed by atoms with E-state index in [9.17, 15) is 0 Å². The van der Waals surface area contributed by atoms with E-state index in [1.165, 1.54) is 16.8 Å². The van der Waals surface area contributed by atoms with E-state index in [2.05, 4.69) is 81.8 Å². The minimum atomic E-state index is 0.00266. The molecule has 0 saturated carbocycles. The number of aryl methyl sites for hydroxylation is 2. The fourth-order valence-electron chi connectivity index (χ4n) is 3.48. The molecule has 2 heterocycles. The van der Waals surface area contributed by atoms with Gasteiger partial charge in [-0.3, -0.25) is 4.57 Å². The first-order chi connectivity index (χ1) is 13.3. The zero-order chi connectivity index (χ0) is 19.9. The van der Waals surface area contributed by atoms with Crippen LogP contribution in [0.15, 0.2) is 67.0 Å². The van der Waals surface area contributed by atoms with E-state index in [0.29, 0.717) is 0 Å². The molecule has 0 atom stereocenters. The third-order valence-electron chi connectivity index (χ3n) is 5.00. The molecular formula is C24H26N4. The quantitative estimate of drug-likeness (QED) is 0.468. The molecule has 0 aliphatic heterocycles. The summed E-state index contributed by atoms with van der Waals surface area (Å²) >= 11 is 0. The van der Waals surface area contributed by atoms with Gasteiger partial charge in [0.15, 0.2) is 5.82 Å². The van der Waals surface area contributed by atoms with Gasteiger partial charge in [-0.05, 0) is 31.0 Å². The molecule has 4 nitrogen and oxygen atoms in total. The third kappa shape index (κ3) is 3.26. The lowest BCUT2D eigenvalue weighted by Crippen LogP contribution is -2.12. The normalized spacial score (nSPS) is 11.8. The molecule has 0 radical (unpaired) electrons. The predicted octanol–water partition coefficient (Wildman–Crippen LogP) is 5.64. The number of benzene rings is 2. The van der Waals surface area contributed by atoms with Crippen LogP contribution < -0.4 is 0 Å². The Morgan fingerprint density at radius 3 is 2.11 bits per heavy atom. The van der Waals surface area contributed by atoms with Gasteiger partial charge < -0.3 is 0 Å². The Labute approximate surface area is 166 Å². The minimum absolute atomic E-state index is 0.00266. The number of para-hydroxylation sites is 1. The molecule has 0 N–H and O–H groups in total. The van der Waals surface area contributed by atoms with Gasteiger partial charge in [0, 0.05) is 17.2 Å². The SMILES string of the molecule is Cc1cccc(C)c1-n1cc(-n2ccc(C(C)(C)C)n2)nc1-c1ccccc1. The van der Waals surface area contributed by atoms with Gasteiger partial charge in [-0.15, -0.1) is 0 Å². The van der Waals surface area contributed by atoms with E-state index in [-0.39, 0.29) is 5.41 Å². The Balaban J connectivity index is 1.92. The highest BCUT2D eigenvalue weighted by Gasteiger charge is 2.20. The monoisotopic (exact) mass is 370 g/mol. The average molecular weight is 371 g/mol. The van der Waals surface area contributed by atoms with Gasteiger partial charge >= 0.3 is 0 Å². The van der Waals surface area contributed by atoms with Crippen molar-refractivity contribution in [3.05, 3.63) is 83.8 Å². The van der Waals surface area contributed by atoms with Crippen LogP contribution in [-0.4, -0.2) is 19.3 Å². The van der Waals surface area contributed by atoms with Crippen molar-refractivity contribution in [1.82, 2.24) is 19.3 Å². The number of hydrogen-bond donors (Lipinski definition) is 0. The highest BCUT2D eigenvalue weighted by atomic mass is 15.3. The van der Waals surface area contributed by atoms with Crippen LogP contribution in [0.1, 0.15) is 37.6 Å². The Morgan fingerprint density at radius 1 is 0.821 bits per heavy atom. The van der Waals surface area contributed by atoms with Gasteiger partial charge in [-0.1, -0.05) is 69.3 Å². The van der Waals surface area contributed by atoms with Gasteiger partial charge in [0.25, 0.3) is 0 Å². The maximum absolute atomic E-state index is 4.97. The number of aromatic nitrogens is 4. The zero-order valence-electron chi connectivity index (χ0n) is 17.1. The van der Waals surface area contributed by atoms with Crippen molar-refractivity contribution in [2.45, 2.75) is 40.0 Å². The van der Waals surface area contributed by atoms with Crippen molar-refractivity contribution in [3.8, 4) is 22.9 Å². The van der Waals surface area contributed by atoms with E-state index in [1.807, 2.05) is 29.1 Å². The van der Waals surface area contributed by atoms with Crippen molar-refractivity contribution >= 4 is 0 Å². The number of hydrogen-bond acceptors (Lipinski definition) is 2. The van der Waals surface area contributed by atoms with Crippen LogP contribution in [0.25, 0.3) is 22.9 Å². The van der Waals surface area contributed by atoms with E-state index in [4.69, 9.17) is 10.1 Å². The van der Waals surface area contributed by atoms with Gasteiger partial charge in [-0.25, -0.2) is 9.67 Å². The molecule has 142 valence electrons. The number of nitrogens with zero attached hydrogens (tertiary/aromatic N) is 4. The molecule has 28 heavy (non-hydrogen) atoms. The molecule has 0 saturated heterocycles. The lowest BCUT2D eigenvalue weighted by atomic mass is 9.93. The molecule has 0 amide bonds. The first-order valence-electron chi connectivity index (χ1n) is 9.62. The summed E-state index contributed by atoms with van der Waals surface area (Å²) in [5.41, 5.74) is 5.75. The van der Waals surface area contributed by atoms with Crippen molar-refractivity contribution in [1.29, 1.82) is 0 Å². The molecule has 0 fully saturated rings. The van der Waals surface area contributed by atoms with Crippen LogP contribution in [0.4, 0.5) is 0 Å². The topological polar surface area (TPSA) is 35.6 Å². The zero-order valence-corrected chi connectivity index (χ0v) is 17.1. The maximum Gasteiger partial charge on any atom is 0.172 e. The van der Waals surface area contributed by atoms with Gasteiger partial charge in [0.05, 0.1) is 17.6 Å². The number of rotatable bonds is 3. The summed E-state index contributed by atoms with van der Waals surface area (Å²) in [7, 11) is 0. The lowest BCUT2D eigenvalue weighted by molar-refractivity contribution is 0.559. The smallest absolute Gasteiger partial charge is 0.172 e. The minimum Gasteiger partial charge on any atom is -0.297 e. The summed E-state index contributed by atoms with van der Waals surface area (Å²) in [6.45, 7) is 10.8. The Hall–Kier alpha value is -3.14. The summed E-state index contributed by atoms with van der Waals surface area (Å²) in [4.78, 5) is 4.97. The highest BCUT2D eigenvalue weighted by molar-refractivity contribution is 5.62. The fraction of sp³-hybridized carbons (Fsp3) is 0.250. The molecule has 0 bridgehead atoms. The third-order valence-corrected chi connectivity index (χ3v) is 5.00. The van der Waals surface area contributed by atoms with Gasteiger partial charge in [0.2, 0.25) is 0 Å².